The molecule has 1 heterocycles. The molecule has 1 N–H and O–H groups in total. The molecule has 0 saturated carbocycles. The number of benzene rings is 1. The normalized spacial score (nSPS) is 21.2. The van der Waals surface area contributed by atoms with E-state index in [2.05, 4.69) is 5.32 Å². The molecule has 1 aliphatic heterocycles. The van der Waals surface area contributed by atoms with Gasteiger partial charge in [-0.3, -0.25) is 4.79 Å². The van der Waals surface area contributed by atoms with Crippen LogP contribution in [0.25, 0.3) is 0 Å². The maximum atomic E-state index is 12.4. The lowest BCUT2D eigenvalue weighted by atomic mass is 10.3. The standard InChI is InChI=1S/C17H26N2O6S/c1-13-10-19(11-14(2)25-13)26(21,22)9-8-18-17(20)12-24-16-6-4-15(23-3)5-7-16/h4-7,13-14H,8-12H2,1-3H3,(H,18,20). The van der Waals surface area contributed by atoms with Crippen molar-refractivity contribution >= 4 is 15.9 Å². The zero-order chi connectivity index (χ0) is 19.2. The Balaban J connectivity index is 1.73. The minimum atomic E-state index is -3.44. The Hall–Kier alpha value is -1.84. The number of carbonyl (C=O) groups excluding carboxylic acids is 1. The van der Waals surface area contributed by atoms with Crippen LogP contribution < -0.4 is 14.8 Å². The molecule has 9 heteroatoms. The summed E-state index contributed by atoms with van der Waals surface area (Å²) in [6.07, 6.45) is -0.276. The van der Waals surface area contributed by atoms with E-state index in [1.807, 2.05) is 13.8 Å². The molecule has 1 amide bonds. The number of hydrogen-bond acceptors (Lipinski definition) is 6. The largest absolute Gasteiger partial charge is 0.497 e. The molecule has 1 aromatic rings. The second-order valence-corrected chi connectivity index (χ2v) is 8.29. The van der Waals surface area contributed by atoms with Crippen LogP contribution in [0, 0.1) is 0 Å². The van der Waals surface area contributed by atoms with Gasteiger partial charge in [0.2, 0.25) is 10.0 Å². The zero-order valence-corrected chi connectivity index (χ0v) is 16.1. The lowest BCUT2D eigenvalue weighted by Gasteiger charge is -2.34. The molecule has 2 atom stereocenters. The van der Waals surface area contributed by atoms with Gasteiger partial charge < -0.3 is 19.5 Å². The minimum Gasteiger partial charge on any atom is -0.497 e. The van der Waals surface area contributed by atoms with Gasteiger partial charge in [-0.15, -0.1) is 0 Å². The SMILES string of the molecule is COc1ccc(OCC(=O)NCCS(=O)(=O)N2CC(C)OC(C)C2)cc1. The van der Waals surface area contributed by atoms with E-state index in [9.17, 15) is 13.2 Å². The summed E-state index contributed by atoms with van der Waals surface area (Å²) in [7, 11) is -1.87. The summed E-state index contributed by atoms with van der Waals surface area (Å²) in [5.74, 6) is 0.698. The first-order valence-corrected chi connectivity index (χ1v) is 10.1. The van der Waals surface area contributed by atoms with Gasteiger partial charge in [-0.1, -0.05) is 0 Å². The third-order valence-corrected chi connectivity index (χ3v) is 5.70. The van der Waals surface area contributed by atoms with Crippen molar-refractivity contribution in [2.24, 2.45) is 0 Å². The molecule has 0 bridgehead atoms. The smallest absolute Gasteiger partial charge is 0.257 e. The molecule has 2 unspecified atom stereocenters. The Kier molecular flexibility index (Phi) is 7.24. The fourth-order valence-corrected chi connectivity index (χ4v) is 4.17. The Labute approximate surface area is 154 Å². The lowest BCUT2D eigenvalue weighted by molar-refractivity contribution is -0.122. The molecule has 0 aromatic heterocycles. The minimum absolute atomic E-state index is 0.0350. The van der Waals surface area contributed by atoms with E-state index >= 15 is 0 Å². The Morgan fingerprint density at radius 1 is 1.19 bits per heavy atom. The van der Waals surface area contributed by atoms with Crippen LogP contribution in [0.1, 0.15) is 13.8 Å². The summed E-state index contributed by atoms with van der Waals surface area (Å²) >= 11 is 0. The van der Waals surface area contributed by atoms with Gasteiger partial charge in [0.25, 0.3) is 5.91 Å². The van der Waals surface area contributed by atoms with Crippen molar-refractivity contribution in [3.05, 3.63) is 24.3 Å². The van der Waals surface area contributed by atoms with Crippen molar-refractivity contribution in [3.8, 4) is 11.5 Å². The number of morpholine rings is 1. The maximum absolute atomic E-state index is 12.4. The van der Waals surface area contributed by atoms with E-state index in [0.717, 1.165) is 0 Å². The van der Waals surface area contributed by atoms with Gasteiger partial charge in [-0.25, -0.2) is 8.42 Å². The summed E-state index contributed by atoms with van der Waals surface area (Å²) in [5, 5.41) is 2.57. The number of nitrogens with zero attached hydrogens (tertiary/aromatic N) is 1. The number of sulfonamides is 1. The average molecular weight is 386 g/mol. The van der Waals surface area contributed by atoms with Crippen LogP contribution >= 0.6 is 0 Å². The molecule has 0 radical (unpaired) electrons. The van der Waals surface area contributed by atoms with E-state index in [1.165, 1.54) is 4.31 Å². The summed E-state index contributed by atoms with van der Waals surface area (Å²) in [6.45, 7) is 4.21. The topological polar surface area (TPSA) is 94.2 Å². The highest BCUT2D eigenvalue weighted by Crippen LogP contribution is 2.17. The molecule has 26 heavy (non-hydrogen) atoms. The molecular formula is C17H26N2O6S. The van der Waals surface area contributed by atoms with Crippen LogP contribution in [0.4, 0.5) is 0 Å². The van der Waals surface area contributed by atoms with Crippen LogP contribution in [0.3, 0.4) is 0 Å². The average Bonchev–Trinajstić information content (AvgIpc) is 2.59. The van der Waals surface area contributed by atoms with E-state index in [4.69, 9.17) is 14.2 Å². The van der Waals surface area contributed by atoms with E-state index in [1.54, 1.807) is 31.4 Å². The van der Waals surface area contributed by atoms with E-state index < -0.39 is 10.0 Å². The molecule has 8 nitrogen and oxygen atoms in total. The summed E-state index contributed by atoms with van der Waals surface area (Å²) in [6, 6.07) is 6.84. The van der Waals surface area contributed by atoms with Gasteiger partial charge in [0.15, 0.2) is 6.61 Å². The molecular weight excluding hydrogens is 360 g/mol. The van der Waals surface area contributed by atoms with Crippen LogP contribution in [-0.2, 0) is 19.6 Å². The van der Waals surface area contributed by atoms with Gasteiger partial charge in [-0.2, -0.15) is 4.31 Å². The van der Waals surface area contributed by atoms with Crippen LogP contribution in [0.2, 0.25) is 0 Å². The fourth-order valence-electron chi connectivity index (χ4n) is 2.68. The molecule has 1 fully saturated rings. The Morgan fingerprint density at radius 3 is 2.35 bits per heavy atom. The van der Waals surface area contributed by atoms with Crippen molar-refractivity contribution in [2.75, 3.05) is 39.1 Å². The molecule has 146 valence electrons. The number of nitrogens with one attached hydrogen (secondary N) is 1. The first-order valence-electron chi connectivity index (χ1n) is 8.47. The fraction of sp³-hybridized carbons (Fsp3) is 0.588. The predicted molar refractivity (Wildman–Crippen MR) is 96.9 cm³/mol. The van der Waals surface area contributed by atoms with E-state index in [0.29, 0.717) is 24.6 Å². The van der Waals surface area contributed by atoms with Gasteiger partial charge in [0.1, 0.15) is 11.5 Å². The Morgan fingerprint density at radius 2 is 1.77 bits per heavy atom. The number of methoxy groups -OCH3 is 1. The van der Waals surface area contributed by atoms with Crippen molar-refractivity contribution in [3.63, 3.8) is 0 Å². The van der Waals surface area contributed by atoms with Crippen LogP contribution in [0.5, 0.6) is 11.5 Å². The number of hydrogen-bond donors (Lipinski definition) is 1. The summed E-state index contributed by atoms with van der Waals surface area (Å²) in [4.78, 5) is 11.8. The van der Waals surface area contributed by atoms with Gasteiger partial charge >= 0.3 is 0 Å². The van der Waals surface area contributed by atoms with E-state index in [-0.39, 0.29) is 37.0 Å². The quantitative estimate of drug-likeness (QED) is 0.704. The number of amides is 1. The predicted octanol–water partition coefficient (Wildman–Crippen LogP) is 0.629. The molecule has 1 aliphatic rings. The van der Waals surface area contributed by atoms with Crippen molar-refractivity contribution in [1.29, 1.82) is 0 Å². The van der Waals surface area contributed by atoms with Crippen LogP contribution in [-0.4, -0.2) is 69.9 Å². The molecule has 2 rings (SSSR count). The van der Waals surface area contributed by atoms with Gasteiger partial charge in [0.05, 0.1) is 25.1 Å². The molecule has 0 spiro atoms. The second-order valence-electron chi connectivity index (χ2n) is 6.20. The zero-order valence-electron chi connectivity index (χ0n) is 15.3. The maximum Gasteiger partial charge on any atom is 0.257 e. The molecule has 1 saturated heterocycles. The number of ether oxygens (including phenoxy) is 3. The third-order valence-electron chi connectivity index (χ3n) is 3.89. The molecule has 1 aromatic carbocycles. The van der Waals surface area contributed by atoms with Gasteiger partial charge in [0, 0.05) is 19.6 Å². The summed E-state index contributed by atoms with van der Waals surface area (Å²) < 4.78 is 42.1. The highest BCUT2D eigenvalue weighted by molar-refractivity contribution is 7.89. The van der Waals surface area contributed by atoms with Gasteiger partial charge in [-0.05, 0) is 38.1 Å². The number of rotatable bonds is 8. The molecule has 0 aliphatic carbocycles. The highest BCUT2D eigenvalue weighted by Gasteiger charge is 2.30. The highest BCUT2D eigenvalue weighted by atomic mass is 32.2. The monoisotopic (exact) mass is 386 g/mol. The van der Waals surface area contributed by atoms with Crippen molar-refractivity contribution in [1.82, 2.24) is 9.62 Å². The first-order chi connectivity index (χ1) is 12.3. The first kappa shape index (κ1) is 20.5. The Bertz CT molecular complexity index is 682. The number of carbonyl (C=O) groups is 1. The third kappa shape index (κ3) is 6.15. The van der Waals surface area contributed by atoms with Crippen molar-refractivity contribution in [2.45, 2.75) is 26.1 Å². The van der Waals surface area contributed by atoms with Crippen molar-refractivity contribution < 1.29 is 27.4 Å². The summed E-state index contributed by atoms with van der Waals surface area (Å²) in [5.41, 5.74) is 0. The van der Waals surface area contributed by atoms with Crippen LogP contribution in [0.15, 0.2) is 24.3 Å². The second kappa shape index (κ2) is 9.20. The lowest BCUT2D eigenvalue weighted by Crippen LogP contribution is -2.49.